The number of hydrogen-bond donors (Lipinski definition) is 0. The van der Waals surface area contributed by atoms with Crippen LogP contribution in [-0.2, 0) is 15.9 Å². The summed E-state index contributed by atoms with van der Waals surface area (Å²) in [5.41, 5.74) is 2.79. The Bertz CT molecular complexity index is 553. The van der Waals surface area contributed by atoms with Crippen LogP contribution in [0.2, 0.25) is 0 Å². The van der Waals surface area contributed by atoms with Crippen LogP contribution < -0.4 is 4.90 Å². The third-order valence-electron chi connectivity index (χ3n) is 6.18. The second-order valence-electron chi connectivity index (χ2n) is 8.01. The SMILES string of the molecule is CN1CCN(CCCc2ccc(N3CCC4(CC3)OCCO4)cc2)CC1. The molecule has 3 fully saturated rings. The van der Waals surface area contributed by atoms with Crippen molar-refractivity contribution in [2.75, 3.05) is 71.0 Å². The van der Waals surface area contributed by atoms with Gasteiger partial charge >= 0.3 is 0 Å². The average Bonchev–Trinajstić information content (AvgIpc) is 3.13. The topological polar surface area (TPSA) is 28.2 Å². The number of piperidine rings is 1. The van der Waals surface area contributed by atoms with E-state index in [0.29, 0.717) is 0 Å². The summed E-state index contributed by atoms with van der Waals surface area (Å²) in [7, 11) is 2.22. The molecule has 5 nitrogen and oxygen atoms in total. The van der Waals surface area contributed by atoms with Gasteiger partial charge in [-0.2, -0.15) is 0 Å². The minimum absolute atomic E-state index is 0.278. The molecule has 0 bridgehead atoms. The van der Waals surface area contributed by atoms with Gasteiger partial charge in [0.05, 0.1) is 13.2 Å². The molecule has 1 aromatic carbocycles. The minimum Gasteiger partial charge on any atom is -0.371 e. The number of nitrogens with zero attached hydrogens (tertiary/aromatic N) is 3. The normalized spacial score (nSPS) is 24.4. The summed E-state index contributed by atoms with van der Waals surface area (Å²) in [6.45, 7) is 9.63. The van der Waals surface area contributed by atoms with E-state index in [0.717, 1.165) is 39.1 Å². The Balaban J connectivity index is 1.21. The van der Waals surface area contributed by atoms with E-state index in [1.54, 1.807) is 0 Å². The molecule has 1 aromatic rings. The quantitative estimate of drug-likeness (QED) is 0.804. The van der Waals surface area contributed by atoms with Crippen LogP contribution in [0.15, 0.2) is 24.3 Å². The van der Waals surface area contributed by atoms with Crippen molar-refractivity contribution in [3.8, 4) is 0 Å². The largest absolute Gasteiger partial charge is 0.371 e. The van der Waals surface area contributed by atoms with Crippen LogP contribution in [0.25, 0.3) is 0 Å². The fourth-order valence-electron chi connectivity index (χ4n) is 4.34. The van der Waals surface area contributed by atoms with E-state index in [2.05, 4.69) is 46.0 Å². The van der Waals surface area contributed by atoms with Gasteiger partial charge in [0, 0.05) is 57.8 Å². The maximum absolute atomic E-state index is 5.83. The summed E-state index contributed by atoms with van der Waals surface area (Å²) < 4.78 is 11.7. The molecule has 0 atom stereocenters. The van der Waals surface area contributed by atoms with Crippen LogP contribution in [0.4, 0.5) is 5.69 Å². The standard InChI is InChI=1S/C21H33N3O2/c1-22-13-15-23(16-14-22)10-2-3-19-4-6-20(7-5-19)24-11-8-21(9-12-24)25-17-18-26-21/h4-7H,2-3,8-18H2,1H3. The van der Waals surface area contributed by atoms with Gasteiger partial charge in [-0.05, 0) is 44.1 Å². The maximum atomic E-state index is 5.83. The Morgan fingerprint density at radius 1 is 0.885 bits per heavy atom. The smallest absolute Gasteiger partial charge is 0.171 e. The van der Waals surface area contributed by atoms with Crippen LogP contribution >= 0.6 is 0 Å². The fourth-order valence-corrected chi connectivity index (χ4v) is 4.34. The Hall–Kier alpha value is -1.14. The fraction of sp³-hybridized carbons (Fsp3) is 0.714. The summed E-state index contributed by atoms with van der Waals surface area (Å²) in [6, 6.07) is 9.21. The number of hydrogen-bond acceptors (Lipinski definition) is 5. The molecule has 3 aliphatic heterocycles. The van der Waals surface area contributed by atoms with Crippen molar-refractivity contribution in [2.45, 2.75) is 31.5 Å². The summed E-state index contributed by atoms with van der Waals surface area (Å²) in [5, 5.41) is 0. The van der Waals surface area contributed by atoms with Gasteiger partial charge in [0.1, 0.15) is 0 Å². The Labute approximate surface area is 157 Å². The van der Waals surface area contributed by atoms with E-state index >= 15 is 0 Å². The first-order valence-electron chi connectivity index (χ1n) is 10.3. The number of aryl methyl sites for hydroxylation is 1. The van der Waals surface area contributed by atoms with Gasteiger partial charge in [-0.1, -0.05) is 12.1 Å². The van der Waals surface area contributed by atoms with Gasteiger partial charge in [0.15, 0.2) is 5.79 Å². The maximum Gasteiger partial charge on any atom is 0.171 e. The number of ether oxygens (including phenoxy) is 2. The number of benzene rings is 1. The Kier molecular flexibility index (Phi) is 5.79. The van der Waals surface area contributed by atoms with Crippen molar-refractivity contribution in [3.63, 3.8) is 0 Å². The van der Waals surface area contributed by atoms with Crippen molar-refractivity contribution in [3.05, 3.63) is 29.8 Å². The molecule has 3 heterocycles. The van der Waals surface area contributed by atoms with E-state index in [-0.39, 0.29) is 5.79 Å². The third-order valence-corrected chi connectivity index (χ3v) is 6.18. The molecular weight excluding hydrogens is 326 g/mol. The van der Waals surface area contributed by atoms with Crippen molar-refractivity contribution in [2.24, 2.45) is 0 Å². The zero-order valence-electron chi connectivity index (χ0n) is 16.2. The van der Waals surface area contributed by atoms with E-state index in [4.69, 9.17) is 9.47 Å². The van der Waals surface area contributed by atoms with E-state index in [1.807, 2.05) is 0 Å². The van der Waals surface area contributed by atoms with E-state index < -0.39 is 0 Å². The molecule has 0 aromatic heterocycles. The lowest BCUT2D eigenvalue weighted by atomic mass is 10.0. The lowest BCUT2D eigenvalue weighted by Crippen LogP contribution is -2.45. The summed E-state index contributed by atoms with van der Waals surface area (Å²) in [4.78, 5) is 7.48. The lowest BCUT2D eigenvalue weighted by molar-refractivity contribution is -0.169. The lowest BCUT2D eigenvalue weighted by Gasteiger charge is -2.38. The highest BCUT2D eigenvalue weighted by Crippen LogP contribution is 2.33. The molecule has 26 heavy (non-hydrogen) atoms. The van der Waals surface area contributed by atoms with Gasteiger partial charge in [-0.3, -0.25) is 0 Å². The highest BCUT2D eigenvalue weighted by molar-refractivity contribution is 5.48. The molecule has 0 unspecified atom stereocenters. The highest BCUT2D eigenvalue weighted by Gasteiger charge is 2.39. The van der Waals surface area contributed by atoms with Crippen molar-refractivity contribution >= 4 is 5.69 Å². The molecule has 0 amide bonds. The molecular formula is C21H33N3O2. The van der Waals surface area contributed by atoms with Gasteiger partial charge in [-0.15, -0.1) is 0 Å². The van der Waals surface area contributed by atoms with Crippen LogP contribution in [0.3, 0.4) is 0 Å². The second kappa shape index (κ2) is 8.26. The summed E-state index contributed by atoms with van der Waals surface area (Å²) in [5.74, 6) is -0.278. The molecule has 3 saturated heterocycles. The van der Waals surface area contributed by atoms with Gasteiger partial charge < -0.3 is 24.2 Å². The van der Waals surface area contributed by atoms with Gasteiger partial charge in [0.25, 0.3) is 0 Å². The predicted octanol–water partition coefficient (Wildman–Crippen LogP) is 2.21. The zero-order chi connectivity index (χ0) is 17.8. The van der Waals surface area contributed by atoms with E-state index in [1.165, 1.54) is 56.8 Å². The Morgan fingerprint density at radius 3 is 2.19 bits per heavy atom. The summed E-state index contributed by atoms with van der Waals surface area (Å²) in [6.07, 6.45) is 4.38. The number of piperazine rings is 1. The van der Waals surface area contributed by atoms with Crippen LogP contribution in [0.1, 0.15) is 24.8 Å². The van der Waals surface area contributed by atoms with Crippen molar-refractivity contribution < 1.29 is 9.47 Å². The Morgan fingerprint density at radius 2 is 1.54 bits per heavy atom. The van der Waals surface area contributed by atoms with Crippen molar-refractivity contribution in [1.82, 2.24) is 9.80 Å². The monoisotopic (exact) mass is 359 g/mol. The number of anilines is 1. The molecule has 144 valence electrons. The first-order valence-corrected chi connectivity index (χ1v) is 10.3. The number of rotatable bonds is 5. The zero-order valence-corrected chi connectivity index (χ0v) is 16.2. The second-order valence-corrected chi connectivity index (χ2v) is 8.01. The molecule has 0 N–H and O–H groups in total. The van der Waals surface area contributed by atoms with Gasteiger partial charge in [0.2, 0.25) is 0 Å². The number of likely N-dealkylation sites (N-methyl/N-ethyl adjacent to an activating group) is 1. The third kappa shape index (κ3) is 4.39. The van der Waals surface area contributed by atoms with E-state index in [9.17, 15) is 0 Å². The molecule has 1 spiro atoms. The van der Waals surface area contributed by atoms with Crippen LogP contribution in [-0.4, -0.2) is 81.7 Å². The predicted molar refractivity (Wildman–Crippen MR) is 105 cm³/mol. The first kappa shape index (κ1) is 18.2. The molecule has 0 radical (unpaired) electrons. The molecule has 0 aliphatic carbocycles. The summed E-state index contributed by atoms with van der Waals surface area (Å²) >= 11 is 0. The highest BCUT2D eigenvalue weighted by atomic mass is 16.7. The van der Waals surface area contributed by atoms with Gasteiger partial charge in [-0.25, -0.2) is 0 Å². The molecule has 0 saturated carbocycles. The molecule has 3 aliphatic rings. The molecule has 4 rings (SSSR count). The minimum atomic E-state index is -0.278. The molecule has 5 heteroatoms. The van der Waals surface area contributed by atoms with Crippen LogP contribution in [0.5, 0.6) is 0 Å². The first-order chi connectivity index (χ1) is 12.7. The van der Waals surface area contributed by atoms with Crippen LogP contribution in [0, 0.1) is 0 Å². The average molecular weight is 360 g/mol. The van der Waals surface area contributed by atoms with Crippen molar-refractivity contribution in [1.29, 1.82) is 0 Å².